The number of hydrogen-bond acceptors (Lipinski definition) is 5. The van der Waals surface area contributed by atoms with Crippen molar-refractivity contribution < 1.29 is 15.0 Å². The molecule has 1 aromatic carbocycles. The summed E-state index contributed by atoms with van der Waals surface area (Å²) in [5.74, 6) is -1.95. The second-order valence-corrected chi connectivity index (χ2v) is 2.63. The number of aromatic hydroxyl groups is 1. The summed E-state index contributed by atoms with van der Waals surface area (Å²) in [6.45, 7) is 0. The minimum atomic E-state index is -1.28. The Balaban J connectivity index is 2.84. The lowest BCUT2D eigenvalue weighted by molar-refractivity contribution is -0.138. The highest BCUT2D eigenvalue weighted by atomic mass is 16.4. The molecular weight excluding hydrogens is 178 g/mol. The van der Waals surface area contributed by atoms with Crippen molar-refractivity contribution in [1.29, 1.82) is 0 Å². The lowest BCUT2D eigenvalue weighted by Crippen LogP contribution is -2.40. The number of rotatable bonds is 3. The van der Waals surface area contributed by atoms with Gasteiger partial charge in [-0.3, -0.25) is 14.4 Å². The number of carboxylic acid groups (broad SMARTS) is 1. The maximum absolute atomic E-state index is 10.7. The monoisotopic (exact) mass is 185 g/mol. The van der Waals surface area contributed by atoms with Crippen LogP contribution >= 0.6 is 0 Å². The van der Waals surface area contributed by atoms with Crippen LogP contribution in [0.1, 0.15) is 5.56 Å². The molecule has 0 saturated carbocycles. The first-order valence-corrected chi connectivity index (χ1v) is 3.44. The van der Waals surface area contributed by atoms with Crippen molar-refractivity contribution in [1.82, 2.24) is 0 Å². The van der Waals surface area contributed by atoms with Crippen LogP contribution in [0.3, 0.4) is 0 Å². The molecule has 1 rings (SSSR count). The molecule has 6 nitrogen and oxygen atoms in total. The van der Waals surface area contributed by atoms with E-state index in [2.05, 4.69) is 0 Å². The van der Waals surface area contributed by atoms with Crippen molar-refractivity contribution in [3.8, 4) is 5.75 Å². The summed E-state index contributed by atoms with van der Waals surface area (Å²) in [5.41, 5.74) is 3.06. The number of aliphatic carboxylic acids is 1. The van der Waals surface area contributed by atoms with Gasteiger partial charge in [0.1, 0.15) is 6.04 Å². The lowest BCUT2D eigenvalue weighted by Gasteiger charge is -2.08. The normalized spacial score (nSPS) is 13.0. The Labute approximate surface area is 71.9 Å². The van der Waals surface area contributed by atoms with E-state index in [1.54, 1.807) is 0 Å². The molecule has 0 bridgehead atoms. The summed E-state index contributed by atoms with van der Waals surface area (Å²) in [6.07, 6.45) is -0.314. The lowest BCUT2D eigenvalue weighted by atomic mass is 10.0. The van der Waals surface area contributed by atoms with Gasteiger partial charge in [-0.2, -0.15) is 0 Å². The fourth-order valence-corrected chi connectivity index (χ4v) is 0.923. The molecule has 0 unspecified atom stereocenters. The van der Waals surface area contributed by atoms with Gasteiger partial charge in [-0.15, -0.1) is 0 Å². The molecule has 0 fully saturated rings. The molecule has 0 radical (unpaired) electrons. The molecule has 1 atom stereocenters. The summed E-state index contributed by atoms with van der Waals surface area (Å²) in [7, 11) is 0. The summed E-state index contributed by atoms with van der Waals surface area (Å²) in [5, 5.41) is 17.2. The molecular formula is C7H7NO5. The van der Waals surface area contributed by atoms with Crippen LogP contribution in [-0.2, 0) is 11.2 Å². The van der Waals surface area contributed by atoms with E-state index in [1.165, 1.54) is 0 Å². The molecule has 0 aliphatic carbocycles. The van der Waals surface area contributed by atoms with E-state index >= 15 is 0 Å². The first-order chi connectivity index (χ1) is 5.95. The van der Waals surface area contributed by atoms with Gasteiger partial charge in [0, 0.05) is 6.42 Å². The van der Waals surface area contributed by atoms with Gasteiger partial charge in [-0.25, -0.2) is 0 Å². The Kier molecular flexibility index (Phi) is 2.16. The molecule has 0 heterocycles. The SMILES string of the molecule is N[C@@H](Cc1c(O)c(=O)c1=O)C(=O)O. The highest BCUT2D eigenvalue weighted by Crippen LogP contribution is 2.09. The van der Waals surface area contributed by atoms with Gasteiger partial charge in [0.2, 0.25) is 5.43 Å². The minimum absolute atomic E-state index is 0.195. The van der Waals surface area contributed by atoms with E-state index in [1.807, 2.05) is 0 Å². The summed E-state index contributed by atoms with van der Waals surface area (Å²) in [4.78, 5) is 31.4. The van der Waals surface area contributed by atoms with Crippen molar-refractivity contribution >= 4 is 5.97 Å². The summed E-state index contributed by atoms with van der Waals surface area (Å²) < 4.78 is 0. The molecule has 0 spiro atoms. The third-order valence-corrected chi connectivity index (χ3v) is 1.72. The number of carboxylic acids is 1. The van der Waals surface area contributed by atoms with Gasteiger partial charge in [-0.05, 0) is 0 Å². The maximum Gasteiger partial charge on any atom is 0.320 e. The maximum atomic E-state index is 10.7. The van der Waals surface area contributed by atoms with Crippen LogP contribution in [0.25, 0.3) is 0 Å². The van der Waals surface area contributed by atoms with Crippen molar-refractivity contribution in [2.75, 3.05) is 0 Å². The fraction of sp³-hybridized carbons (Fsp3) is 0.286. The van der Waals surface area contributed by atoms with Crippen molar-refractivity contribution in [2.24, 2.45) is 5.73 Å². The van der Waals surface area contributed by atoms with Crippen LogP contribution < -0.4 is 16.6 Å². The fourth-order valence-electron chi connectivity index (χ4n) is 0.923. The average molecular weight is 185 g/mol. The van der Waals surface area contributed by atoms with E-state index in [9.17, 15) is 14.4 Å². The zero-order chi connectivity index (χ0) is 10.2. The Morgan fingerprint density at radius 2 is 1.92 bits per heavy atom. The van der Waals surface area contributed by atoms with Crippen molar-refractivity contribution in [3.63, 3.8) is 0 Å². The highest BCUT2D eigenvalue weighted by molar-refractivity contribution is 5.73. The number of hydrogen-bond donors (Lipinski definition) is 3. The van der Waals surface area contributed by atoms with Crippen LogP contribution in [0, 0.1) is 0 Å². The zero-order valence-corrected chi connectivity index (χ0v) is 6.48. The largest absolute Gasteiger partial charge is 0.504 e. The van der Waals surface area contributed by atoms with Gasteiger partial charge < -0.3 is 15.9 Å². The minimum Gasteiger partial charge on any atom is -0.504 e. The first-order valence-electron chi connectivity index (χ1n) is 3.44. The van der Waals surface area contributed by atoms with E-state index in [4.69, 9.17) is 15.9 Å². The van der Waals surface area contributed by atoms with Gasteiger partial charge in [0.25, 0.3) is 5.43 Å². The quantitative estimate of drug-likeness (QED) is 0.466. The van der Waals surface area contributed by atoms with Crippen LogP contribution in [0.5, 0.6) is 5.75 Å². The van der Waals surface area contributed by atoms with Crippen molar-refractivity contribution in [3.05, 3.63) is 26.0 Å². The Morgan fingerprint density at radius 1 is 1.38 bits per heavy atom. The molecule has 0 saturated heterocycles. The second-order valence-electron chi connectivity index (χ2n) is 2.63. The zero-order valence-electron chi connectivity index (χ0n) is 6.48. The Morgan fingerprint density at radius 3 is 2.31 bits per heavy atom. The van der Waals surface area contributed by atoms with Crippen LogP contribution in [-0.4, -0.2) is 22.2 Å². The van der Waals surface area contributed by atoms with E-state index in [-0.39, 0.29) is 12.0 Å². The van der Waals surface area contributed by atoms with Gasteiger partial charge in [-0.1, -0.05) is 0 Å². The first kappa shape index (κ1) is 9.40. The predicted molar refractivity (Wildman–Crippen MR) is 42.3 cm³/mol. The van der Waals surface area contributed by atoms with E-state index < -0.39 is 28.6 Å². The van der Waals surface area contributed by atoms with Crippen molar-refractivity contribution in [2.45, 2.75) is 12.5 Å². The smallest absolute Gasteiger partial charge is 0.320 e. The molecule has 0 aliphatic heterocycles. The molecule has 4 N–H and O–H groups in total. The second kappa shape index (κ2) is 2.98. The third-order valence-electron chi connectivity index (χ3n) is 1.72. The summed E-state index contributed by atoms with van der Waals surface area (Å²) >= 11 is 0. The highest BCUT2D eigenvalue weighted by Gasteiger charge is 2.24. The Bertz CT molecular complexity index is 414. The van der Waals surface area contributed by atoms with Crippen LogP contribution in [0.15, 0.2) is 9.59 Å². The Hall–Kier alpha value is -1.69. The molecule has 0 amide bonds. The average Bonchev–Trinajstić information content (AvgIpc) is 2.11. The van der Waals surface area contributed by atoms with Gasteiger partial charge in [0.05, 0.1) is 5.56 Å². The van der Waals surface area contributed by atoms with Crippen LogP contribution in [0.4, 0.5) is 0 Å². The number of nitrogens with two attached hydrogens (primary N) is 1. The van der Waals surface area contributed by atoms with Crippen LogP contribution in [0.2, 0.25) is 0 Å². The summed E-state index contributed by atoms with van der Waals surface area (Å²) in [6, 6.07) is -1.27. The van der Waals surface area contributed by atoms with E-state index in [0.29, 0.717) is 0 Å². The standard InChI is InChI=1S/C7H7NO5/c8-3(7(12)13)1-2-4(9)6(11)5(2)10/h3,9H,1,8H2,(H,12,13)/t3-/m0/s1. The van der Waals surface area contributed by atoms with E-state index in [0.717, 1.165) is 0 Å². The third kappa shape index (κ3) is 1.43. The number of carbonyl (C=O) groups is 1. The molecule has 0 aromatic heterocycles. The molecule has 70 valence electrons. The molecule has 1 aromatic rings. The van der Waals surface area contributed by atoms with Gasteiger partial charge >= 0.3 is 5.97 Å². The molecule has 13 heavy (non-hydrogen) atoms. The molecule has 0 aliphatic rings. The van der Waals surface area contributed by atoms with Gasteiger partial charge in [0.15, 0.2) is 5.75 Å². The molecule has 6 heteroatoms. The predicted octanol–water partition coefficient (Wildman–Crippen LogP) is -2.06. The topological polar surface area (TPSA) is 118 Å².